The lowest BCUT2D eigenvalue weighted by Crippen LogP contribution is -2.44. The Hall–Kier alpha value is -1.40. The Kier molecular flexibility index (Phi) is 4.77. The van der Waals surface area contributed by atoms with Crippen molar-refractivity contribution in [3.05, 3.63) is 35.9 Å². The van der Waals surface area contributed by atoms with E-state index in [0.717, 1.165) is 31.2 Å². The zero-order valence-electron chi connectivity index (χ0n) is 11.4. The molecule has 1 aromatic carbocycles. The molecule has 1 fully saturated rings. The first kappa shape index (κ1) is 15.0. The van der Waals surface area contributed by atoms with E-state index in [-0.39, 0.29) is 18.3 Å². The summed E-state index contributed by atoms with van der Waals surface area (Å²) >= 11 is 0. The fourth-order valence-corrected chi connectivity index (χ4v) is 4.44. The molecule has 110 valence electrons. The molecule has 6 heteroatoms. The molecule has 0 spiro atoms. The maximum atomic E-state index is 12.5. The molecule has 0 heterocycles. The van der Waals surface area contributed by atoms with Crippen molar-refractivity contribution in [2.24, 2.45) is 5.73 Å². The Bertz CT molecular complexity index is 551. The van der Waals surface area contributed by atoms with Gasteiger partial charge >= 0.3 is 0 Å². The summed E-state index contributed by atoms with van der Waals surface area (Å²) in [5.41, 5.74) is 5.93. The summed E-state index contributed by atoms with van der Waals surface area (Å²) in [5, 5.41) is 0. The van der Waals surface area contributed by atoms with Crippen molar-refractivity contribution >= 4 is 15.9 Å². The van der Waals surface area contributed by atoms with E-state index in [4.69, 9.17) is 5.73 Å². The summed E-state index contributed by atoms with van der Waals surface area (Å²) in [6.45, 7) is -0.222. The number of hydrogen-bond acceptors (Lipinski definition) is 3. The summed E-state index contributed by atoms with van der Waals surface area (Å²) in [7, 11) is -3.52. The molecule has 0 bridgehead atoms. The van der Waals surface area contributed by atoms with Gasteiger partial charge in [-0.05, 0) is 18.4 Å². The van der Waals surface area contributed by atoms with E-state index in [1.165, 1.54) is 4.31 Å². The lowest BCUT2D eigenvalue weighted by atomic mass is 10.2. The van der Waals surface area contributed by atoms with Crippen LogP contribution in [0.1, 0.15) is 31.2 Å². The van der Waals surface area contributed by atoms with Crippen LogP contribution in [0.2, 0.25) is 0 Å². The number of primary amides is 1. The Labute approximate surface area is 119 Å². The van der Waals surface area contributed by atoms with E-state index < -0.39 is 15.9 Å². The van der Waals surface area contributed by atoms with Crippen LogP contribution in [0.4, 0.5) is 0 Å². The minimum atomic E-state index is -3.52. The first-order valence-corrected chi connectivity index (χ1v) is 8.42. The minimum absolute atomic E-state index is 0.0857. The number of nitrogens with zero attached hydrogens (tertiary/aromatic N) is 1. The zero-order chi connectivity index (χ0) is 14.6. The number of sulfonamides is 1. The van der Waals surface area contributed by atoms with Gasteiger partial charge in [0.25, 0.3) is 0 Å². The molecule has 0 aromatic heterocycles. The average molecular weight is 296 g/mol. The predicted molar refractivity (Wildman–Crippen MR) is 77.2 cm³/mol. The molecular formula is C14H20N2O3S. The molecule has 2 N–H and O–H groups in total. The van der Waals surface area contributed by atoms with Crippen LogP contribution in [0, 0.1) is 0 Å². The van der Waals surface area contributed by atoms with Gasteiger partial charge in [-0.2, -0.15) is 4.31 Å². The van der Waals surface area contributed by atoms with E-state index in [1.54, 1.807) is 24.3 Å². The standard InChI is InChI=1S/C14H20N2O3S/c15-14(17)10-16(13-8-4-5-9-13)20(18,19)11-12-6-2-1-3-7-12/h1-3,6-7,13H,4-5,8-11H2,(H2,15,17). The monoisotopic (exact) mass is 296 g/mol. The van der Waals surface area contributed by atoms with Crippen molar-refractivity contribution in [3.63, 3.8) is 0 Å². The van der Waals surface area contributed by atoms with Gasteiger partial charge in [0.05, 0.1) is 12.3 Å². The van der Waals surface area contributed by atoms with Crippen molar-refractivity contribution in [2.45, 2.75) is 37.5 Å². The third-order valence-corrected chi connectivity index (χ3v) is 5.43. The molecule has 0 saturated heterocycles. The van der Waals surface area contributed by atoms with Gasteiger partial charge in [-0.3, -0.25) is 4.79 Å². The van der Waals surface area contributed by atoms with E-state index in [9.17, 15) is 13.2 Å². The average Bonchev–Trinajstić information content (AvgIpc) is 2.89. The molecule has 20 heavy (non-hydrogen) atoms. The van der Waals surface area contributed by atoms with Crippen LogP contribution in [-0.2, 0) is 20.6 Å². The summed E-state index contributed by atoms with van der Waals surface area (Å²) in [6, 6.07) is 8.91. The quantitative estimate of drug-likeness (QED) is 0.857. The summed E-state index contributed by atoms with van der Waals surface area (Å²) in [5.74, 6) is -0.689. The highest BCUT2D eigenvalue weighted by molar-refractivity contribution is 7.88. The topological polar surface area (TPSA) is 80.5 Å². The molecule has 1 amide bonds. The van der Waals surface area contributed by atoms with Gasteiger partial charge in [0.15, 0.2) is 0 Å². The van der Waals surface area contributed by atoms with Crippen molar-refractivity contribution in [3.8, 4) is 0 Å². The van der Waals surface area contributed by atoms with Crippen LogP contribution in [0.25, 0.3) is 0 Å². The van der Waals surface area contributed by atoms with E-state index >= 15 is 0 Å². The third-order valence-electron chi connectivity index (χ3n) is 3.59. The van der Waals surface area contributed by atoms with Crippen molar-refractivity contribution < 1.29 is 13.2 Å². The number of hydrogen-bond donors (Lipinski definition) is 1. The molecule has 1 aliphatic carbocycles. The van der Waals surface area contributed by atoms with Crippen LogP contribution in [0.15, 0.2) is 30.3 Å². The maximum absolute atomic E-state index is 12.5. The van der Waals surface area contributed by atoms with Crippen LogP contribution in [0.5, 0.6) is 0 Å². The summed E-state index contributed by atoms with van der Waals surface area (Å²) in [6.07, 6.45) is 3.62. The smallest absolute Gasteiger partial charge is 0.232 e. The fraction of sp³-hybridized carbons (Fsp3) is 0.500. The predicted octanol–water partition coefficient (Wildman–Crippen LogP) is 1.25. The summed E-state index contributed by atoms with van der Waals surface area (Å²) in [4.78, 5) is 11.2. The fourth-order valence-electron chi connectivity index (χ4n) is 2.67. The Morgan fingerprint density at radius 1 is 1.20 bits per heavy atom. The lowest BCUT2D eigenvalue weighted by Gasteiger charge is -2.26. The van der Waals surface area contributed by atoms with E-state index in [1.807, 2.05) is 6.07 Å². The second-order valence-electron chi connectivity index (χ2n) is 5.19. The van der Waals surface area contributed by atoms with Crippen molar-refractivity contribution in [1.82, 2.24) is 4.31 Å². The number of rotatable bonds is 6. The van der Waals surface area contributed by atoms with Gasteiger partial charge in [0.1, 0.15) is 0 Å². The Balaban J connectivity index is 2.19. The summed E-state index contributed by atoms with van der Waals surface area (Å²) < 4.78 is 26.4. The van der Waals surface area contributed by atoms with Crippen LogP contribution in [-0.4, -0.2) is 31.2 Å². The van der Waals surface area contributed by atoms with Crippen molar-refractivity contribution in [1.29, 1.82) is 0 Å². The second-order valence-corrected chi connectivity index (χ2v) is 7.11. The first-order chi connectivity index (χ1) is 9.49. The molecule has 0 atom stereocenters. The minimum Gasteiger partial charge on any atom is -0.369 e. The highest BCUT2D eigenvalue weighted by Crippen LogP contribution is 2.26. The van der Waals surface area contributed by atoms with Crippen molar-refractivity contribution in [2.75, 3.05) is 6.54 Å². The highest BCUT2D eigenvalue weighted by atomic mass is 32.2. The zero-order valence-corrected chi connectivity index (χ0v) is 12.2. The van der Waals surface area contributed by atoms with Gasteiger partial charge in [-0.1, -0.05) is 43.2 Å². The number of nitrogens with two attached hydrogens (primary N) is 1. The van der Waals surface area contributed by atoms with Crippen LogP contribution < -0.4 is 5.73 Å². The van der Waals surface area contributed by atoms with Gasteiger partial charge in [0.2, 0.25) is 15.9 Å². The van der Waals surface area contributed by atoms with Crippen LogP contribution >= 0.6 is 0 Å². The molecule has 1 aromatic rings. The first-order valence-electron chi connectivity index (χ1n) is 6.81. The molecule has 0 aliphatic heterocycles. The van der Waals surface area contributed by atoms with Gasteiger partial charge < -0.3 is 5.73 Å². The molecule has 2 rings (SSSR count). The molecular weight excluding hydrogens is 276 g/mol. The lowest BCUT2D eigenvalue weighted by molar-refractivity contribution is -0.118. The Morgan fingerprint density at radius 2 is 1.80 bits per heavy atom. The number of amides is 1. The van der Waals surface area contributed by atoms with E-state index in [2.05, 4.69) is 0 Å². The second kappa shape index (κ2) is 6.37. The molecule has 1 aliphatic rings. The normalized spacial score (nSPS) is 16.6. The van der Waals surface area contributed by atoms with Gasteiger partial charge in [-0.25, -0.2) is 8.42 Å². The molecule has 1 saturated carbocycles. The maximum Gasteiger partial charge on any atom is 0.232 e. The highest BCUT2D eigenvalue weighted by Gasteiger charge is 2.33. The third kappa shape index (κ3) is 3.80. The number of carbonyl (C=O) groups excluding carboxylic acids is 1. The molecule has 5 nitrogen and oxygen atoms in total. The molecule has 0 unspecified atom stereocenters. The number of carbonyl (C=O) groups is 1. The van der Waals surface area contributed by atoms with E-state index in [0.29, 0.717) is 0 Å². The SMILES string of the molecule is NC(=O)CN(C1CCCC1)S(=O)(=O)Cc1ccccc1. The van der Waals surface area contributed by atoms with Crippen LogP contribution in [0.3, 0.4) is 0 Å². The molecule has 0 radical (unpaired) electrons. The Morgan fingerprint density at radius 3 is 2.35 bits per heavy atom. The van der Waals surface area contributed by atoms with Gasteiger partial charge in [-0.15, -0.1) is 0 Å². The number of benzene rings is 1. The largest absolute Gasteiger partial charge is 0.369 e. The van der Waals surface area contributed by atoms with Gasteiger partial charge in [0, 0.05) is 6.04 Å².